The van der Waals surface area contributed by atoms with E-state index in [2.05, 4.69) is 0 Å². The summed E-state index contributed by atoms with van der Waals surface area (Å²) in [6, 6.07) is 10.3. The molecule has 0 saturated carbocycles. The zero-order valence-electron chi connectivity index (χ0n) is 12.7. The standard InChI is InChI=1S/C17H19O3P/c1-11-5-7-15(8-6-11)21(19,20)17(18)16-13(3)9-12(2)10-14(16)4/h5-10H,1-4H3,(H,19,20). The van der Waals surface area contributed by atoms with Crippen molar-refractivity contribution in [3.63, 3.8) is 0 Å². The predicted molar refractivity (Wildman–Crippen MR) is 85.6 cm³/mol. The van der Waals surface area contributed by atoms with Crippen LogP contribution in [0.2, 0.25) is 0 Å². The van der Waals surface area contributed by atoms with Gasteiger partial charge in [0, 0.05) is 10.9 Å². The van der Waals surface area contributed by atoms with Crippen LogP contribution in [0.4, 0.5) is 0 Å². The maximum absolute atomic E-state index is 12.6. The molecule has 0 heterocycles. The van der Waals surface area contributed by atoms with Crippen LogP contribution >= 0.6 is 7.37 Å². The van der Waals surface area contributed by atoms with Crippen molar-refractivity contribution in [2.45, 2.75) is 27.7 Å². The molecule has 1 unspecified atom stereocenters. The van der Waals surface area contributed by atoms with Gasteiger partial charge in [-0.2, -0.15) is 0 Å². The molecule has 0 fully saturated rings. The van der Waals surface area contributed by atoms with Crippen molar-refractivity contribution in [1.29, 1.82) is 0 Å². The van der Waals surface area contributed by atoms with Gasteiger partial charge < -0.3 is 4.89 Å². The summed E-state index contributed by atoms with van der Waals surface area (Å²) in [6.45, 7) is 7.42. The summed E-state index contributed by atoms with van der Waals surface area (Å²) >= 11 is 0. The quantitative estimate of drug-likeness (QED) is 0.880. The highest BCUT2D eigenvalue weighted by Crippen LogP contribution is 2.44. The molecule has 2 rings (SSSR count). The molecule has 0 amide bonds. The molecule has 0 aliphatic carbocycles. The molecule has 0 aliphatic heterocycles. The largest absolute Gasteiger partial charge is 0.336 e. The third-order valence-corrected chi connectivity index (χ3v) is 5.32. The van der Waals surface area contributed by atoms with E-state index in [0.29, 0.717) is 5.56 Å². The molecule has 110 valence electrons. The third-order valence-electron chi connectivity index (χ3n) is 3.55. The van der Waals surface area contributed by atoms with E-state index in [1.54, 1.807) is 38.1 Å². The van der Waals surface area contributed by atoms with E-state index in [0.717, 1.165) is 22.3 Å². The van der Waals surface area contributed by atoms with Gasteiger partial charge >= 0.3 is 0 Å². The van der Waals surface area contributed by atoms with Crippen molar-refractivity contribution in [1.82, 2.24) is 0 Å². The van der Waals surface area contributed by atoms with Crippen LogP contribution in [0.1, 0.15) is 32.6 Å². The van der Waals surface area contributed by atoms with Crippen molar-refractivity contribution >= 4 is 18.2 Å². The topological polar surface area (TPSA) is 54.4 Å². The summed E-state index contributed by atoms with van der Waals surface area (Å²) in [4.78, 5) is 22.9. The Morgan fingerprint density at radius 3 is 1.86 bits per heavy atom. The second-order valence-electron chi connectivity index (χ2n) is 5.49. The number of benzene rings is 2. The number of aryl methyl sites for hydroxylation is 4. The van der Waals surface area contributed by atoms with E-state index in [4.69, 9.17) is 0 Å². The number of carbonyl (C=O) groups excluding carboxylic acids is 1. The summed E-state index contributed by atoms with van der Waals surface area (Å²) in [5.74, 6) is 0. The van der Waals surface area contributed by atoms with E-state index in [-0.39, 0.29) is 5.30 Å². The Kier molecular flexibility index (Phi) is 4.18. The summed E-state index contributed by atoms with van der Waals surface area (Å²) < 4.78 is 12.6. The van der Waals surface area contributed by atoms with Crippen molar-refractivity contribution < 1.29 is 14.3 Å². The SMILES string of the molecule is Cc1ccc(P(=O)(O)C(=O)c2c(C)cc(C)cc2C)cc1. The number of rotatable bonds is 3. The molecule has 4 heteroatoms. The minimum absolute atomic E-state index is 0.178. The lowest BCUT2D eigenvalue weighted by atomic mass is 10.0. The van der Waals surface area contributed by atoms with Crippen molar-refractivity contribution in [2.75, 3.05) is 0 Å². The molecule has 1 atom stereocenters. The van der Waals surface area contributed by atoms with Crippen LogP contribution in [-0.2, 0) is 4.57 Å². The molecule has 0 saturated heterocycles. The average molecular weight is 302 g/mol. The van der Waals surface area contributed by atoms with Gasteiger partial charge in [-0.1, -0.05) is 35.4 Å². The minimum atomic E-state index is -4.09. The lowest BCUT2D eigenvalue weighted by molar-refractivity contribution is 0.106. The van der Waals surface area contributed by atoms with Gasteiger partial charge in [-0.05, 0) is 51.0 Å². The fourth-order valence-electron chi connectivity index (χ4n) is 2.53. The lowest BCUT2D eigenvalue weighted by Crippen LogP contribution is -2.15. The summed E-state index contributed by atoms with van der Waals surface area (Å²) in [5.41, 5.74) is 3.14. The first kappa shape index (κ1) is 15.7. The number of carbonyl (C=O) groups is 1. The fraction of sp³-hybridized carbons (Fsp3) is 0.235. The van der Waals surface area contributed by atoms with Crippen molar-refractivity contribution in [3.8, 4) is 0 Å². The van der Waals surface area contributed by atoms with Crippen LogP contribution in [0.3, 0.4) is 0 Å². The molecule has 0 spiro atoms. The molecule has 0 aromatic heterocycles. The summed E-state index contributed by atoms with van der Waals surface area (Å²) in [7, 11) is -4.09. The monoisotopic (exact) mass is 302 g/mol. The van der Waals surface area contributed by atoms with Crippen LogP contribution in [0.15, 0.2) is 36.4 Å². The molecule has 2 aromatic carbocycles. The molecule has 1 N–H and O–H groups in total. The Hall–Kier alpha value is -1.70. The second-order valence-corrected chi connectivity index (χ2v) is 7.57. The molecule has 0 radical (unpaired) electrons. The molecular weight excluding hydrogens is 283 g/mol. The Balaban J connectivity index is 2.53. The van der Waals surface area contributed by atoms with Gasteiger partial charge in [0.25, 0.3) is 12.9 Å². The first-order valence-corrected chi connectivity index (χ1v) is 8.42. The molecule has 3 nitrogen and oxygen atoms in total. The van der Waals surface area contributed by atoms with E-state index in [9.17, 15) is 14.3 Å². The zero-order chi connectivity index (χ0) is 15.8. The normalized spacial score (nSPS) is 13.8. The molecule has 0 aliphatic rings. The van der Waals surface area contributed by atoms with Gasteiger partial charge in [-0.15, -0.1) is 0 Å². The first-order valence-electron chi connectivity index (χ1n) is 6.76. The van der Waals surface area contributed by atoms with Crippen LogP contribution in [0.5, 0.6) is 0 Å². The highest BCUT2D eigenvalue weighted by molar-refractivity contribution is 7.82. The van der Waals surface area contributed by atoms with Gasteiger partial charge in [-0.25, -0.2) is 0 Å². The minimum Gasteiger partial charge on any atom is -0.336 e. The molecule has 21 heavy (non-hydrogen) atoms. The lowest BCUT2D eigenvalue weighted by Gasteiger charge is -2.15. The van der Waals surface area contributed by atoms with Gasteiger partial charge in [0.15, 0.2) is 0 Å². The van der Waals surface area contributed by atoms with Gasteiger partial charge in [0.2, 0.25) is 0 Å². The van der Waals surface area contributed by atoms with E-state index < -0.39 is 12.9 Å². The zero-order valence-corrected chi connectivity index (χ0v) is 13.6. The fourth-order valence-corrected chi connectivity index (χ4v) is 3.98. The number of hydrogen-bond donors (Lipinski definition) is 1. The Bertz CT molecular complexity index is 722. The predicted octanol–water partition coefficient (Wildman–Crippen LogP) is 3.66. The van der Waals surface area contributed by atoms with Crippen LogP contribution in [0, 0.1) is 27.7 Å². The van der Waals surface area contributed by atoms with E-state index >= 15 is 0 Å². The van der Waals surface area contributed by atoms with E-state index in [1.165, 1.54) is 0 Å². The molecular formula is C17H19O3P. The molecule has 2 aromatic rings. The Morgan fingerprint density at radius 2 is 1.38 bits per heavy atom. The maximum Gasteiger partial charge on any atom is 0.298 e. The maximum atomic E-state index is 12.6. The Morgan fingerprint density at radius 1 is 0.905 bits per heavy atom. The van der Waals surface area contributed by atoms with Gasteiger partial charge in [0.05, 0.1) is 0 Å². The molecule has 0 bridgehead atoms. The summed E-state index contributed by atoms with van der Waals surface area (Å²) in [6.07, 6.45) is 0. The van der Waals surface area contributed by atoms with Crippen molar-refractivity contribution in [2.24, 2.45) is 0 Å². The van der Waals surface area contributed by atoms with E-state index in [1.807, 2.05) is 26.0 Å². The summed E-state index contributed by atoms with van der Waals surface area (Å²) in [5, 5.41) is 0.178. The highest BCUT2D eigenvalue weighted by atomic mass is 31.2. The second kappa shape index (κ2) is 5.59. The van der Waals surface area contributed by atoms with Crippen molar-refractivity contribution in [3.05, 3.63) is 64.2 Å². The third kappa shape index (κ3) is 2.99. The van der Waals surface area contributed by atoms with Crippen LogP contribution in [0.25, 0.3) is 0 Å². The van der Waals surface area contributed by atoms with Gasteiger partial charge in [-0.3, -0.25) is 9.36 Å². The Labute approximate surface area is 125 Å². The average Bonchev–Trinajstić information content (AvgIpc) is 2.37. The van der Waals surface area contributed by atoms with Crippen LogP contribution < -0.4 is 5.30 Å². The number of hydrogen-bond acceptors (Lipinski definition) is 2. The first-order chi connectivity index (χ1) is 9.73. The van der Waals surface area contributed by atoms with Gasteiger partial charge in [0.1, 0.15) is 0 Å². The smallest absolute Gasteiger partial charge is 0.298 e. The highest BCUT2D eigenvalue weighted by Gasteiger charge is 2.34. The van der Waals surface area contributed by atoms with Crippen LogP contribution in [-0.4, -0.2) is 10.4 Å².